The molecule has 0 aromatic rings. The fraction of sp³-hybridized carbons (Fsp3) is 0.954. The molecule has 0 saturated carbocycles. The van der Waals surface area contributed by atoms with E-state index in [0.29, 0.717) is 17.4 Å². The number of hydrogen-bond donors (Lipinski definition) is 2. The van der Waals surface area contributed by atoms with Crippen molar-refractivity contribution in [1.29, 1.82) is 0 Å². The van der Waals surface area contributed by atoms with Gasteiger partial charge < -0.3 is 28.8 Å². The Kier molecular flexibility index (Phi) is 56.4. The fourth-order valence-corrected chi connectivity index (χ4v) is 11.1. The lowest BCUT2D eigenvalue weighted by Gasteiger charge is -2.29. The Balaban J connectivity index is 3.75. The Morgan fingerprint density at radius 2 is 0.730 bits per heavy atom. The van der Waals surface area contributed by atoms with Crippen LogP contribution in [0.15, 0.2) is 12.2 Å². The van der Waals surface area contributed by atoms with E-state index in [1.165, 1.54) is 289 Å². The number of likely N-dealkylation sites (N-methyl/N-ethyl adjacent to an activating group) is 1. The first-order chi connectivity index (χ1) is 36.0. The molecule has 0 aliphatic rings. The summed E-state index contributed by atoms with van der Waals surface area (Å²) in [5, 5.41) is 13.8. The quantitative estimate of drug-likeness (QED) is 0.0272. The second-order valence-electron chi connectivity index (χ2n) is 24.2. The van der Waals surface area contributed by atoms with E-state index in [2.05, 4.69) is 19.2 Å². The molecule has 0 heterocycles. The average Bonchev–Trinajstić information content (AvgIpc) is 3.36. The number of quaternary nitrogens is 1. The lowest BCUT2D eigenvalue weighted by atomic mass is 10.0. The molecule has 442 valence electrons. The van der Waals surface area contributed by atoms with Crippen LogP contribution in [-0.4, -0.2) is 68.5 Å². The highest BCUT2D eigenvalue weighted by molar-refractivity contribution is 7.45. The number of carbonyl (C=O) groups excluding carboxylic acids is 1. The third-order valence-electron chi connectivity index (χ3n) is 15.5. The molecule has 0 aliphatic carbocycles. The normalized spacial score (nSPS) is 13.8. The van der Waals surface area contributed by atoms with Crippen molar-refractivity contribution in [3.8, 4) is 0 Å². The van der Waals surface area contributed by atoms with Crippen molar-refractivity contribution < 1.29 is 32.9 Å². The first-order valence-electron chi connectivity index (χ1n) is 33.1. The van der Waals surface area contributed by atoms with Gasteiger partial charge in [0.15, 0.2) is 0 Å². The predicted molar refractivity (Wildman–Crippen MR) is 321 cm³/mol. The molecule has 3 unspecified atom stereocenters. The van der Waals surface area contributed by atoms with Crippen LogP contribution in [0.1, 0.15) is 348 Å². The number of unbranched alkanes of at least 4 members (excludes halogenated alkanes) is 49. The maximum Gasteiger partial charge on any atom is 0.268 e. The first kappa shape index (κ1) is 73.2. The van der Waals surface area contributed by atoms with E-state index in [9.17, 15) is 19.4 Å². The number of aliphatic hydroxyl groups is 1. The SMILES string of the molecule is CCCCCCCCCCC/C=C/C(O)C(COP(=O)([O-])OCC[N+](C)(C)C)NC(=O)CCCCCCCCCCCCCCCCCCCCCCCCCCCCCCCCCCCCCCCCCCC. The molecule has 8 nitrogen and oxygen atoms in total. The van der Waals surface area contributed by atoms with E-state index in [4.69, 9.17) is 9.05 Å². The molecular weight excluding hydrogens is 936 g/mol. The molecule has 0 radical (unpaired) electrons. The minimum Gasteiger partial charge on any atom is -0.756 e. The Hall–Kier alpha value is -0.760. The third-order valence-corrected chi connectivity index (χ3v) is 16.5. The zero-order chi connectivity index (χ0) is 54.2. The standard InChI is InChI=1S/C65H131N2O6P/c1-6-8-10-12-14-16-18-19-20-21-22-23-24-25-26-27-28-29-30-31-32-33-34-35-36-37-38-39-40-41-42-43-44-45-46-47-49-51-53-55-57-59-65(69)66-63(62-73-74(70,71)72-61-60-67(3,4)5)64(68)58-56-54-52-50-48-17-15-13-11-9-7-2/h56,58,63-64,68H,6-55,57,59-62H2,1-5H3,(H-,66,69,70,71)/b58-56+. The van der Waals surface area contributed by atoms with Gasteiger partial charge in [0.05, 0.1) is 39.9 Å². The van der Waals surface area contributed by atoms with Crippen molar-refractivity contribution in [3.05, 3.63) is 12.2 Å². The van der Waals surface area contributed by atoms with Gasteiger partial charge in [0.1, 0.15) is 13.2 Å². The molecule has 74 heavy (non-hydrogen) atoms. The summed E-state index contributed by atoms with van der Waals surface area (Å²) >= 11 is 0. The Labute approximate surface area is 462 Å². The number of nitrogens with zero attached hydrogens (tertiary/aromatic N) is 1. The summed E-state index contributed by atoms with van der Waals surface area (Å²) in [5.41, 5.74) is 0. The van der Waals surface area contributed by atoms with Crippen molar-refractivity contribution >= 4 is 13.7 Å². The van der Waals surface area contributed by atoms with Crippen molar-refractivity contribution in [2.24, 2.45) is 0 Å². The molecule has 0 aromatic heterocycles. The topological polar surface area (TPSA) is 108 Å². The maximum atomic E-state index is 12.9. The van der Waals surface area contributed by atoms with Gasteiger partial charge in [-0.3, -0.25) is 9.36 Å². The van der Waals surface area contributed by atoms with E-state index in [-0.39, 0.29) is 19.1 Å². The van der Waals surface area contributed by atoms with Gasteiger partial charge in [-0.15, -0.1) is 0 Å². The molecule has 0 aromatic carbocycles. The van der Waals surface area contributed by atoms with Crippen LogP contribution >= 0.6 is 7.82 Å². The molecule has 1 amide bonds. The van der Waals surface area contributed by atoms with E-state index < -0.39 is 20.0 Å². The molecule has 0 saturated heterocycles. The molecule has 0 fully saturated rings. The van der Waals surface area contributed by atoms with Gasteiger partial charge in [-0.1, -0.05) is 334 Å². The Morgan fingerprint density at radius 3 is 1.01 bits per heavy atom. The van der Waals surface area contributed by atoms with E-state index in [1.807, 2.05) is 27.2 Å². The van der Waals surface area contributed by atoms with Crippen molar-refractivity contribution in [2.75, 3.05) is 40.9 Å². The molecule has 0 aliphatic heterocycles. The van der Waals surface area contributed by atoms with Crippen LogP contribution in [0.4, 0.5) is 0 Å². The van der Waals surface area contributed by atoms with Crippen LogP contribution in [0.3, 0.4) is 0 Å². The summed E-state index contributed by atoms with van der Waals surface area (Å²) in [5.74, 6) is -0.191. The number of amides is 1. The molecule has 9 heteroatoms. The van der Waals surface area contributed by atoms with Crippen LogP contribution in [0, 0.1) is 0 Å². The summed E-state index contributed by atoms with van der Waals surface area (Å²) in [6, 6.07) is -0.881. The Morgan fingerprint density at radius 1 is 0.459 bits per heavy atom. The lowest BCUT2D eigenvalue weighted by Crippen LogP contribution is -2.45. The molecular formula is C65H131N2O6P. The van der Waals surface area contributed by atoms with Gasteiger partial charge >= 0.3 is 0 Å². The number of nitrogens with one attached hydrogen (secondary N) is 1. The highest BCUT2D eigenvalue weighted by Crippen LogP contribution is 2.38. The average molecular weight is 1070 g/mol. The molecule has 0 bridgehead atoms. The smallest absolute Gasteiger partial charge is 0.268 e. The number of aliphatic hydroxyl groups excluding tert-OH is 1. The van der Waals surface area contributed by atoms with Gasteiger partial charge in [0.25, 0.3) is 7.82 Å². The molecule has 2 N–H and O–H groups in total. The highest BCUT2D eigenvalue weighted by Gasteiger charge is 2.23. The van der Waals surface area contributed by atoms with Crippen LogP contribution in [-0.2, 0) is 18.4 Å². The number of phosphoric acid groups is 1. The number of rotatable bonds is 62. The maximum absolute atomic E-state index is 12.9. The van der Waals surface area contributed by atoms with Gasteiger partial charge in [-0.2, -0.15) is 0 Å². The number of phosphoric ester groups is 1. The number of allylic oxidation sites excluding steroid dienone is 1. The van der Waals surface area contributed by atoms with Gasteiger partial charge in [0.2, 0.25) is 5.91 Å². The number of carbonyl (C=O) groups is 1. The molecule has 0 spiro atoms. The zero-order valence-corrected chi connectivity index (χ0v) is 51.5. The minimum absolute atomic E-state index is 0.00229. The fourth-order valence-electron chi connectivity index (χ4n) is 10.3. The van der Waals surface area contributed by atoms with Crippen LogP contribution in [0.2, 0.25) is 0 Å². The van der Waals surface area contributed by atoms with E-state index >= 15 is 0 Å². The highest BCUT2D eigenvalue weighted by atomic mass is 31.2. The summed E-state index contributed by atoms with van der Waals surface area (Å²) in [4.78, 5) is 25.4. The summed E-state index contributed by atoms with van der Waals surface area (Å²) in [6.07, 6.45) is 72.2. The summed E-state index contributed by atoms with van der Waals surface area (Å²) in [6.45, 7) is 4.68. The Bertz CT molecular complexity index is 1210. The van der Waals surface area contributed by atoms with Crippen molar-refractivity contribution in [1.82, 2.24) is 5.32 Å². The molecule has 0 rings (SSSR count). The first-order valence-corrected chi connectivity index (χ1v) is 34.5. The largest absolute Gasteiger partial charge is 0.756 e. The predicted octanol–water partition coefficient (Wildman–Crippen LogP) is 19.9. The van der Waals surface area contributed by atoms with Crippen LogP contribution in [0.5, 0.6) is 0 Å². The summed E-state index contributed by atoms with van der Waals surface area (Å²) in [7, 11) is 1.28. The van der Waals surface area contributed by atoms with E-state index in [0.717, 1.165) is 38.5 Å². The molecule has 3 atom stereocenters. The zero-order valence-electron chi connectivity index (χ0n) is 50.6. The van der Waals surface area contributed by atoms with E-state index in [1.54, 1.807) is 6.08 Å². The second-order valence-corrected chi connectivity index (χ2v) is 25.6. The van der Waals surface area contributed by atoms with Crippen molar-refractivity contribution in [2.45, 2.75) is 360 Å². The van der Waals surface area contributed by atoms with Gasteiger partial charge in [0, 0.05) is 6.42 Å². The lowest BCUT2D eigenvalue weighted by molar-refractivity contribution is -0.870. The van der Waals surface area contributed by atoms with Crippen LogP contribution < -0.4 is 10.2 Å². The summed E-state index contributed by atoms with van der Waals surface area (Å²) < 4.78 is 23.3. The second kappa shape index (κ2) is 56.9. The third kappa shape index (κ3) is 58.9. The van der Waals surface area contributed by atoms with Crippen molar-refractivity contribution in [3.63, 3.8) is 0 Å². The number of hydrogen-bond acceptors (Lipinski definition) is 6. The van der Waals surface area contributed by atoms with Crippen LogP contribution in [0.25, 0.3) is 0 Å². The van der Waals surface area contributed by atoms with Gasteiger partial charge in [-0.25, -0.2) is 0 Å². The van der Waals surface area contributed by atoms with Gasteiger partial charge in [-0.05, 0) is 19.3 Å². The monoisotopic (exact) mass is 1070 g/mol. The minimum atomic E-state index is -4.59.